The van der Waals surface area contributed by atoms with Gasteiger partial charge in [0.25, 0.3) is 5.69 Å². The highest BCUT2D eigenvalue weighted by atomic mass is 16.6. The molecule has 0 saturated carbocycles. The first-order valence-electron chi connectivity index (χ1n) is 4.83. The Morgan fingerprint density at radius 2 is 2.00 bits per heavy atom. The quantitative estimate of drug-likeness (QED) is 0.323. The van der Waals surface area contributed by atoms with Crippen molar-refractivity contribution in [1.29, 1.82) is 0 Å². The lowest BCUT2D eigenvalue weighted by atomic mass is 10.0. The number of carbonyl (C=O) groups excluding carboxylic acids is 2. The minimum Gasteiger partial charge on any atom is -0.377 e. The number of nitrogens with zero attached hydrogens (tertiary/aromatic N) is 1. The van der Waals surface area contributed by atoms with Crippen LogP contribution in [0.5, 0.6) is 0 Å². The third-order valence-corrected chi connectivity index (χ3v) is 2.06. The van der Waals surface area contributed by atoms with Crippen LogP contribution in [0.4, 0.5) is 5.69 Å². The number of carbonyl (C=O) groups is 2. The van der Waals surface area contributed by atoms with Gasteiger partial charge >= 0.3 is 0 Å². The lowest BCUT2D eigenvalue weighted by Gasteiger charge is -2.01. The molecule has 0 aromatic heterocycles. The Bertz CT molecular complexity index is 455. The molecule has 1 aromatic carbocycles. The smallest absolute Gasteiger partial charge is 0.280 e. The summed E-state index contributed by atoms with van der Waals surface area (Å²) in [5, 5.41) is 10.7. The Labute approximate surface area is 97.3 Å². The average molecular weight is 237 g/mol. The van der Waals surface area contributed by atoms with E-state index < -0.39 is 22.9 Å². The Kier molecular flexibility index (Phi) is 4.47. The monoisotopic (exact) mass is 237 g/mol. The van der Waals surface area contributed by atoms with Gasteiger partial charge < -0.3 is 4.74 Å². The molecule has 0 heterocycles. The molecule has 6 heteroatoms. The maximum Gasteiger partial charge on any atom is 0.280 e. The van der Waals surface area contributed by atoms with E-state index in [2.05, 4.69) is 4.74 Å². The van der Waals surface area contributed by atoms with Crippen molar-refractivity contribution in [1.82, 2.24) is 0 Å². The van der Waals surface area contributed by atoms with Crippen molar-refractivity contribution >= 4 is 17.3 Å². The van der Waals surface area contributed by atoms with Gasteiger partial charge in [0, 0.05) is 13.2 Å². The van der Waals surface area contributed by atoms with Crippen LogP contribution in [0.15, 0.2) is 24.3 Å². The summed E-state index contributed by atoms with van der Waals surface area (Å²) in [5.41, 5.74) is -0.343. The predicted molar refractivity (Wildman–Crippen MR) is 58.9 cm³/mol. The molecule has 0 atom stereocenters. The molecule has 0 aliphatic heterocycles. The number of nitro groups is 1. The first-order valence-corrected chi connectivity index (χ1v) is 4.83. The van der Waals surface area contributed by atoms with Crippen molar-refractivity contribution in [3.63, 3.8) is 0 Å². The zero-order valence-corrected chi connectivity index (χ0v) is 9.21. The number of ether oxygens (including phenoxy) is 1. The van der Waals surface area contributed by atoms with Gasteiger partial charge in [0.2, 0.25) is 0 Å². The van der Waals surface area contributed by atoms with Crippen LogP contribution in [0, 0.1) is 10.1 Å². The van der Waals surface area contributed by atoms with Crippen LogP contribution in [0.25, 0.3) is 0 Å². The summed E-state index contributed by atoms with van der Waals surface area (Å²) in [5.74, 6) is -0.977. The fourth-order valence-electron chi connectivity index (χ4n) is 1.35. The molecule has 0 bridgehead atoms. The van der Waals surface area contributed by atoms with Crippen LogP contribution < -0.4 is 0 Å². The van der Waals surface area contributed by atoms with E-state index in [1.54, 1.807) is 0 Å². The van der Waals surface area contributed by atoms with Crippen molar-refractivity contribution in [2.75, 3.05) is 13.7 Å². The molecule has 1 rings (SSSR count). The van der Waals surface area contributed by atoms with Crippen molar-refractivity contribution in [3.8, 4) is 0 Å². The second-order valence-corrected chi connectivity index (χ2v) is 3.35. The van der Waals surface area contributed by atoms with Crippen molar-refractivity contribution < 1.29 is 19.2 Å². The fraction of sp³-hybridized carbons (Fsp3) is 0.273. The fourth-order valence-corrected chi connectivity index (χ4v) is 1.35. The topological polar surface area (TPSA) is 86.5 Å². The highest BCUT2D eigenvalue weighted by molar-refractivity contribution is 6.10. The summed E-state index contributed by atoms with van der Waals surface area (Å²) in [4.78, 5) is 32.9. The number of para-hydroxylation sites is 1. The molecule has 0 spiro atoms. The Hall–Kier alpha value is -2.08. The Balaban J connectivity index is 2.89. The minimum atomic E-state index is -0.645. The summed E-state index contributed by atoms with van der Waals surface area (Å²) in [6.07, 6.45) is -0.390. The van der Waals surface area contributed by atoms with Gasteiger partial charge in [0.15, 0.2) is 11.6 Å². The summed E-state index contributed by atoms with van der Waals surface area (Å²) in [7, 11) is 1.34. The third kappa shape index (κ3) is 3.46. The van der Waals surface area contributed by atoms with Crippen LogP contribution in [0.1, 0.15) is 16.8 Å². The predicted octanol–water partition coefficient (Wildman–Crippen LogP) is 1.38. The van der Waals surface area contributed by atoms with Gasteiger partial charge in [-0.1, -0.05) is 12.1 Å². The molecule has 90 valence electrons. The summed E-state index contributed by atoms with van der Waals surface area (Å²) >= 11 is 0. The summed E-state index contributed by atoms with van der Waals surface area (Å²) < 4.78 is 4.58. The minimum absolute atomic E-state index is 0.0537. The van der Waals surface area contributed by atoms with E-state index in [1.807, 2.05) is 0 Å². The highest BCUT2D eigenvalue weighted by Gasteiger charge is 2.20. The molecule has 1 aromatic rings. The van der Waals surface area contributed by atoms with Gasteiger partial charge in [0.1, 0.15) is 6.61 Å². The normalized spacial score (nSPS) is 9.94. The molecule has 0 saturated heterocycles. The van der Waals surface area contributed by atoms with E-state index in [0.717, 1.165) is 0 Å². The summed E-state index contributed by atoms with van der Waals surface area (Å²) in [6.45, 7) is -0.174. The van der Waals surface area contributed by atoms with E-state index in [4.69, 9.17) is 0 Å². The largest absolute Gasteiger partial charge is 0.377 e. The molecule has 0 N–H and O–H groups in total. The van der Waals surface area contributed by atoms with Gasteiger partial charge in [0.05, 0.1) is 16.9 Å². The maximum absolute atomic E-state index is 11.7. The molecule has 0 amide bonds. The molecule has 0 fully saturated rings. The SMILES string of the molecule is COCC(=O)CC(=O)c1ccccc1[N+](=O)[O-]. The molecule has 0 radical (unpaired) electrons. The first kappa shape index (κ1) is 13.0. The molecule has 6 nitrogen and oxygen atoms in total. The molecular weight excluding hydrogens is 226 g/mol. The number of ketones is 2. The van der Waals surface area contributed by atoms with Crippen LogP contribution in [0.2, 0.25) is 0 Å². The molecule has 0 aliphatic carbocycles. The number of rotatable bonds is 6. The van der Waals surface area contributed by atoms with Crippen LogP contribution >= 0.6 is 0 Å². The average Bonchev–Trinajstić information content (AvgIpc) is 2.29. The molecule has 17 heavy (non-hydrogen) atoms. The standard InChI is InChI=1S/C11H11NO5/c1-17-7-8(13)6-11(14)9-4-2-3-5-10(9)12(15)16/h2-5H,6-7H2,1H3. The van der Waals surface area contributed by atoms with E-state index >= 15 is 0 Å². The van der Waals surface area contributed by atoms with E-state index in [9.17, 15) is 19.7 Å². The number of benzene rings is 1. The number of nitro benzene ring substituents is 1. The number of methoxy groups -OCH3 is 1. The van der Waals surface area contributed by atoms with Crippen LogP contribution in [-0.2, 0) is 9.53 Å². The van der Waals surface area contributed by atoms with Gasteiger partial charge in [-0.2, -0.15) is 0 Å². The second kappa shape index (κ2) is 5.86. The van der Waals surface area contributed by atoms with Gasteiger partial charge in [-0.25, -0.2) is 0 Å². The Morgan fingerprint density at radius 1 is 1.35 bits per heavy atom. The van der Waals surface area contributed by atoms with E-state index in [-0.39, 0.29) is 17.9 Å². The van der Waals surface area contributed by atoms with Gasteiger partial charge in [-0.05, 0) is 6.07 Å². The van der Waals surface area contributed by atoms with Gasteiger partial charge in [-0.15, -0.1) is 0 Å². The summed E-state index contributed by atoms with van der Waals surface area (Å²) in [6, 6.07) is 5.54. The molecule has 0 aliphatic rings. The lowest BCUT2D eigenvalue weighted by molar-refractivity contribution is -0.385. The zero-order chi connectivity index (χ0) is 12.8. The Morgan fingerprint density at radius 3 is 2.59 bits per heavy atom. The van der Waals surface area contributed by atoms with Crippen molar-refractivity contribution in [2.45, 2.75) is 6.42 Å². The second-order valence-electron chi connectivity index (χ2n) is 3.35. The number of Topliss-reactive ketones (excluding diaryl/α,β-unsaturated/α-hetero) is 2. The molecule has 0 unspecified atom stereocenters. The third-order valence-electron chi connectivity index (χ3n) is 2.06. The molecular formula is C11H11NO5. The van der Waals surface area contributed by atoms with Crippen molar-refractivity contribution in [2.24, 2.45) is 0 Å². The zero-order valence-electron chi connectivity index (χ0n) is 9.21. The number of hydrogen-bond donors (Lipinski definition) is 0. The van der Waals surface area contributed by atoms with Gasteiger partial charge in [-0.3, -0.25) is 19.7 Å². The lowest BCUT2D eigenvalue weighted by Crippen LogP contribution is -2.14. The van der Waals surface area contributed by atoms with Crippen LogP contribution in [0.3, 0.4) is 0 Å². The highest BCUT2D eigenvalue weighted by Crippen LogP contribution is 2.19. The number of hydrogen-bond acceptors (Lipinski definition) is 5. The van der Waals surface area contributed by atoms with E-state index in [0.29, 0.717) is 0 Å². The van der Waals surface area contributed by atoms with Crippen LogP contribution in [-0.4, -0.2) is 30.2 Å². The maximum atomic E-state index is 11.7. The first-order chi connectivity index (χ1) is 8.06. The van der Waals surface area contributed by atoms with Crippen molar-refractivity contribution in [3.05, 3.63) is 39.9 Å². The van der Waals surface area contributed by atoms with E-state index in [1.165, 1.54) is 31.4 Å².